The van der Waals surface area contributed by atoms with E-state index < -0.39 is 0 Å². The predicted molar refractivity (Wildman–Crippen MR) is 73.9 cm³/mol. The van der Waals surface area contributed by atoms with E-state index in [1.54, 1.807) is 12.5 Å². The van der Waals surface area contributed by atoms with Crippen molar-refractivity contribution in [2.45, 2.75) is 19.3 Å². The minimum absolute atomic E-state index is 0.561. The zero-order valence-electron chi connectivity index (χ0n) is 11.2. The van der Waals surface area contributed by atoms with Gasteiger partial charge in [-0.2, -0.15) is 0 Å². The van der Waals surface area contributed by atoms with Gasteiger partial charge in [-0.05, 0) is 37.3 Å². The Hall–Kier alpha value is -1.62. The monoisotopic (exact) mass is 260 g/mol. The van der Waals surface area contributed by atoms with E-state index in [-0.39, 0.29) is 0 Å². The fraction of sp³-hybridized carbons (Fsp3) is 0.571. The molecule has 102 valence electrons. The van der Waals surface area contributed by atoms with Crippen LogP contribution in [-0.4, -0.2) is 27.7 Å². The molecule has 0 spiro atoms. The van der Waals surface area contributed by atoms with Crippen LogP contribution in [0.5, 0.6) is 5.88 Å². The second kappa shape index (κ2) is 5.17. The lowest BCUT2D eigenvalue weighted by Crippen LogP contribution is -2.23. The molecule has 1 fully saturated rings. The highest BCUT2D eigenvalue weighted by Gasteiger charge is 2.26. The van der Waals surface area contributed by atoms with Crippen LogP contribution in [0.2, 0.25) is 0 Å². The molecule has 1 saturated carbocycles. The van der Waals surface area contributed by atoms with Gasteiger partial charge in [0, 0.05) is 13.2 Å². The van der Waals surface area contributed by atoms with Crippen LogP contribution in [0.3, 0.4) is 0 Å². The summed E-state index contributed by atoms with van der Waals surface area (Å²) in [6.07, 6.45) is 7.26. The first-order valence-electron chi connectivity index (χ1n) is 6.88. The summed E-state index contributed by atoms with van der Waals surface area (Å²) in [5, 5.41) is 0. The van der Waals surface area contributed by atoms with Crippen molar-refractivity contribution in [2.24, 2.45) is 24.6 Å². The standard InChI is InChI=1S/C14H20N4O/c1-18-9-17-13-12(18)5-6-16-14(13)19-8-11-4-2-3-10(11)7-15/h5-6,9-11H,2-4,7-8,15H2,1H3. The Morgan fingerprint density at radius 2 is 2.21 bits per heavy atom. The molecule has 19 heavy (non-hydrogen) atoms. The van der Waals surface area contributed by atoms with Crippen LogP contribution in [0, 0.1) is 11.8 Å². The summed E-state index contributed by atoms with van der Waals surface area (Å²) >= 11 is 0. The summed E-state index contributed by atoms with van der Waals surface area (Å²) in [4.78, 5) is 8.66. The lowest BCUT2D eigenvalue weighted by atomic mass is 9.97. The molecule has 1 aliphatic carbocycles. The molecule has 3 rings (SSSR count). The van der Waals surface area contributed by atoms with Crippen LogP contribution in [0.15, 0.2) is 18.6 Å². The van der Waals surface area contributed by atoms with Gasteiger partial charge in [-0.25, -0.2) is 9.97 Å². The molecule has 0 amide bonds. The minimum Gasteiger partial charge on any atom is -0.476 e. The van der Waals surface area contributed by atoms with Crippen molar-refractivity contribution < 1.29 is 4.74 Å². The lowest BCUT2D eigenvalue weighted by molar-refractivity contribution is 0.212. The molecule has 0 bridgehead atoms. The number of hydrogen-bond donors (Lipinski definition) is 1. The zero-order valence-corrected chi connectivity index (χ0v) is 11.2. The van der Waals surface area contributed by atoms with E-state index >= 15 is 0 Å². The molecule has 0 aromatic carbocycles. The largest absolute Gasteiger partial charge is 0.476 e. The van der Waals surface area contributed by atoms with Crippen molar-refractivity contribution in [1.82, 2.24) is 14.5 Å². The highest BCUT2D eigenvalue weighted by atomic mass is 16.5. The van der Waals surface area contributed by atoms with E-state index in [4.69, 9.17) is 10.5 Å². The Bertz CT molecular complexity index is 566. The van der Waals surface area contributed by atoms with E-state index in [2.05, 4.69) is 9.97 Å². The van der Waals surface area contributed by atoms with Gasteiger partial charge >= 0.3 is 0 Å². The molecule has 2 aromatic rings. The summed E-state index contributed by atoms with van der Waals surface area (Å²) < 4.78 is 7.88. The molecule has 0 saturated heterocycles. The summed E-state index contributed by atoms with van der Waals surface area (Å²) in [5.41, 5.74) is 7.69. The lowest BCUT2D eigenvalue weighted by Gasteiger charge is -2.17. The number of ether oxygens (including phenoxy) is 1. The average molecular weight is 260 g/mol. The normalized spacial score (nSPS) is 23.1. The number of pyridine rings is 1. The first-order chi connectivity index (χ1) is 9.29. The van der Waals surface area contributed by atoms with Crippen molar-refractivity contribution in [3.05, 3.63) is 18.6 Å². The summed E-state index contributed by atoms with van der Waals surface area (Å²) in [5.74, 6) is 1.80. The van der Waals surface area contributed by atoms with Gasteiger partial charge in [0.1, 0.15) is 0 Å². The maximum absolute atomic E-state index is 5.91. The molecular weight excluding hydrogens is 240 g/mol. The Labute approximate surface area is 112 Å². The smallest absolute Gasteiger partial charge is 0.242 e. The van der Waals surface area contributed by atoms with Crippen molar-refractivity contribution in [3.63, 3.8) is 0 Å². The minimum atomic E-state index is 0.561. The van der Waals surface area contributed by atoms with Gasteiger partial charge in [0.15, 0.2) is 5.52 Å². The van der Waals surface area contributed by atoms with Gasteiger partial charge in [-0.3, -0.25) is 0 Å². The summed E-state index contributed by atoms with van der Waals surface area (Å²) in [6.45, 7) is 1.46. The molecule has 5 heteroatoms. The average Bonchev–Trinajstić information content (AvgIpc) is 3.03. The molecule has 0 radical (unpaired) electrons. The first-order valence-corrected chi connectivity index (χ1v) is 6.88. The van der Waals surface area contributed by atoms with Gasteiger partial charge in [0.2, 0.25) is 5.88 Å². The van der Waals surface area contributed by atoms with Crippen molar-refractivity contribution >= 4 is 11.0 Å². The van der Waals surface area contributed by atoms with Crippen LogP contribution in [0.25, 0.3) is 11.0 Å². The fourth-order valence-electron chi connectivity index (χ4n) is 2.97. The molecule has 2 heterocycles. The van der Waals surface area contributed by atoms with Crippen LogP contribution >= 0.6 is 0 Å². The Kier molecular flexibility index (Phi) is 3.38. The SMILES string of the molecule is Cn1cnc2c(OCC3CCCC3CN)nccc21. The second-order valence-electron chi connectivity index (χ2n) is 5.34. The second-order valence-corrected chi connectivity index (χ2v) is 5.34. The topological polar surface area (TPSA) is 66.0 Å². The zero-order chi connectivity index (χ0) is 13.2. The third kappa shape index (κ3) is 2.30. The van der Waals surface area contributed by atoms with Crippen LogP contribution in [0.4, 0.5) is 0 Å². The van der Waals surface area contributed by atoms with Crippen molar-refractivity contribution in [1.29, 1.82) is 0 Å². The number of imidazole rings is 1. The van der Waals surface area contributed by atoms with Crippen LogP contribution in [-0.2, 0) is 7.05 Å². The number of hydrogen-bond acceptors (Lipinski definition) is 4. The molecule has 2 atom stereocenters. The third-order valence-corrected chi connectivity index (χ3v) is 4.16. The molecular formula is C14H20N4O. The molecule has 2 aromatic heterocycles. The van der Waals surface area contributed by atoms with E-state index in [0.29, 0.717) is 24.3 Å². The number of aromatic nitrogens is 3. The van der Waals surface area contributed by atoms with Crippen molar-refractivity contribution in [3.8, 4) is 5.88 Å². The molecule has 0 aliphatic heterocycles. The maximum atomic E-state index is 5.91. The highest BCUT2D eigenvalue weighted by Crippen LogP contribution is 2.31. The third-order valence-electron chi connectivity index (χ3n) is 4.16. The van der Waals surface area contributed by atoms with Gasteiger partial charge in [0.25, 0.3) is 0 Å². The van der Waals surface area contributed by atoms with Gasteiger partial charge in [-0.1, -0.05) is 6.42 Å². The summed E-state index contributed by atoms with van der Waals surface area (Å²) in [7, 11) is 1.97. The number of fused-ring (bicyclic) bond motifs is 1. The Morgan fingerprint density at radius 1 is 1.37 bits per heavy atom. The van der Waals surface area contributed by atoms with E-state index in [9.17, 15) is 0 Å². The maximum Gasteiger partial charge on any atom is 0.242 e. The van der Waals surface area contributed by atoms with Crippen molar-refractivity contribution in [2.75, 3.05) is 13.2 Å². The van der Waals surface area contributed by atoms with Gasteiger partial charge in [-0.15, -0.1) is 0 Å². The molecule has 2 N–H and O–H groups in total. The number of nitrogens with two attached hydrogens (primary N) is 1. The van der Waals surface area contributed by atoms with Crippen LogP contribution < -0.4 is 10.5 Å². The van der Waals surface area contributed by atoms with E-state index in [0.717, 1.165) is 17.6 Å². The van der Waals surface area contributed by atoms with E-state index in [1.165, 1.54) is 19.3 Å². The Balaban J connectivity index is 1.75. The van der Waals surface area contributed by atoms with Crippen LogP contribution in [0.1, 0.15) is 19.3 Å². The quantitative estimate of drug-likeness (QED) is 0.909. The Morgan fingerprint density at radius 3 is 3.05 bits per heavy atom. The van der Waals surface area contributed by atoms with E-state index in [1.807, 2.05) is 17.7 Å². The first kappa shape index (κ1) is 12.4. The highest BCUT2D eigenvalue weighted by molar-refractivity contribution is 5.79. The van der Waals surface area contributed by atoms with Gasteiger partial charge < -0.3 is 15.0 Å². The molecule has 5 nitrogen and oxygen atoms in total. The predicted octanol–water partition coefficient (Wildman–Crippen LogP) is 1.72. The molecule has 2 unspecified atom stereocenters. The fourth-order valence-corrected chi connectivity index (χ4v) is 2.97. The number of aryl methyl sites for hydroxylation is 1. The summed E-state index contributed by atoms with van der Waals surface area (Å²) in [6, 6.07) is 1.95. The van der Waals surface area contributed by atoms with Gasteiger partial charge in [0.05, 0.1) is 18.5 Å². The number of nitrogens with zero attached hydrogens (tertiary/aromatic N) is 3. The number of rotatable bonds is 4. The molecule has 1 aliphatic rings.